The molecule has 0 amide bonds. The van der Waals surface area contributed by atoms with Gasteiger partial charge >= 0.3 is 0 Å². The Hall–Kier alpha value is -2.89. The van der Waals surface area contributed by atoms with Gasteiger partial charge in [-0.05, 0) is 36.8 Å². The molecule has 0 unspecified atom stereocenters. The highest BCUT2D eigenvalue weighted by Crippen LogP contribution is 2.26. The van der Waals surface area contributed by atoms with Gasteiger partial charge in [-0.15, -0.1) is 4.73 Å². The van der Waals surface area contributed by atoms with Crippen molar-refractivity contribution in [3.05, 3.63) is 42.7 Å². The number of imidazole rings is 1. The van der Waals surface area contributed by atoms with Crippen molar-refractivity contribution in [3.63, 3.8) is 0 Å². The van der Waals surface area contributed by atoms with Crippen LogP contribution in [0, 0.1) is 0 Å². The Morgan fingerprint density at radius 3 is 2.76 bits per heavy atom. The van der Waals surface area contributed by atoms with Crippen molar-refractivity contribution in [3.8, 4) is 11.4 Å². The van der Waals surface area contributed by atoms with Crippen LogP contribution in [0.5, 0.6) is 0 Å². The molecule has 6 heteroatoms. The number of anilines is 1. The van der Waals surface area contributed by atoms with Crippen LogP contribution in [0.15, 0.2) is 37.0 Å². The molecule has 6 nitrogen and oxygen atoms in total. The van der Waals surface area contributed by atoms with Crippen molar-refractivity contribution >= 4 is 22.6 Å². The molecule has 0 spiro atoms. The third-order valence-electron chi connectivity index (χ3n) is 3.16. The summed E-state index contributed by atoms with van der Waals surface area (Å²) in [4.78, 5) is 18.6. The zero-order valence-electron chi connectivity index (χ0n) is 11.9. The zero-order valence-corrected chi connectivity index (χ0v) is 11.9. The number of allylic oxidation sites excluding steroid dienone is 1. The normalized spacial score (nSPS) is 10.8. The van der Waals surface area contributed by atoms with Gasteiger partial charge in [-0.2, -0.15) is 0 Å². The van der Waals surface area contributed by atoms with E-state index in [-0.39, 0.29) is 0 Å². The van der Waals surface area contributed by atoms with Crippen LogP contribution in [-0.4, -0.2) is 26.8 Å². The van der Waals surface area contributed by atoms with Crippen molar-refractivity contribution < 1.29 is 4.84 Å². The average molecular weight is 281 g/mol. The number of aromatic nitrogens is 4. The van der Waals surface area contributed by atoms with Gasteiger partial charge in [0.1, 0.15) is 18.4 Å². The molecule has 3 heterocycles. The second kappa shape index (κ2) is 4.90. The van der Waals surface area contributed by atoms with E-state index < -0.39 is 0 Å². The van der Waals surface area contributed by atoms with Crippen molar-refractivity contribution in [2.75, 3.05) is 12.8 Å². The lowest BCUT2D eigenvalue weighted by molar-refractivity contribution is 0.180. The molecule has 106 valence electrons. The van der Waals surface area contributed by atoms with E-state index in [2.05, 4.69) is 21.5 Å². The molecule has 0 radical (unpaired) electrons. The molecule has 0 aromatic carbocycles. The molecule has 0 saturated heterocycles. The Labute approximate surface area is 121 Å². The SMILES string of the molecule is C=C(C)c1ccc2nc(-c3cccnc3N)n(OC)c2n1. The number of nitrogens with zero attached hydrogens (tertiary/aromatic N) is 4. The predicted molar refractivity (Wildman–Crippen MR) is 82.4 cm³/mol. The van der Waals surface area contributed by atoms with Gasteiger partial charge in [-0.1, -0.05) is 6.58 Å². The third-order valence-corrected chi connectivity index (χ3v) is 3.16. The number of pyridine rings is 2. The monoisotopic (exact) mass is 281 g/mol. The second-order valence-electron chi connectivity index (χ2n) is 4.67. The van der Waals surface area contributed by atoms with Crippen molar-refractivity contribution in [1.29, 1.82) is 0 Å². The Kier molecular flexibility index (Phi) is 3.06. The fourth-order valence-corrected chi connectivity index (χ4v) is 2.12. The zero-order chi connectivity index (χ0) is 15.0. The molecule has 3 aromatic heterocycles. The molecule has 3 aromatic rings. The minimum absolute atomic E-state index is 0.395. The molecule has 0 bridgehead atoms. The van der Waals surface area contributed by atoms with Crippen LogP contribution in [0.1, 0.15) is 12.6 Å². The molecule has 0 saturated carbocycles. The maximum atomic E-state index is 5.92. The molecule has 0 aliphatic carbocycles. The van der Waals surface area contributed by atoms with Gasteiger partial charge in [0.05, 0.1) is 11.3 Å². The number of nitrogen functional groups attached to an aromatic ring is 1. The van der Waals surface area contributed by atoms with Crippen molar-refractivity contribution in [1.82, 2.24) is 19.7 Å². The Bertz CT molecular complexity index is 837. The summed E-state index contributed by atoms with van der Waals surface area (Å²) in [5, 5.41) is 0. The summed E-state index contributed by atoms with van der Waals surface area (Å²) >= 11 is 0. The lowest BCUT2D eigenvalue weighted by atomic mass is 10.2. The van der Waals surface area contributed by atoms with E-state index in [4.69, 9.17) is 10.6 Å². The van der Waals surface area contributed by atoms with Gasteiger partial charge in [-0.25, -0.2) is 15.0 Å². The molecule has 21 heavy (non-hydrogen) atoms. The highest BCUT2D eigenvalue weighted by molar-refractivity contribution is 5.81. The van der Waals surface area contributed by atoms with E-state index in [0.29, 0.717) is 22.9 Å². The summed E-state index contributed by atoms with van der Waals surface area (Å²) in [5.74, 6) is 0.968. The topological polar surface area (TPSA) is 78.8 Å². The maximum Gasteiger partial charge on any atom is 0.197 e. The van der Waals surface area contributed by atoms with Crippen LogP contribution < -0.4 is 10.6 Å². The third kappa shape index (κ3) is 2.10. The number of hydrogen-bond donors (Lipinski definition) is 1. The molecule has 2 N–H and O–H groups in total. The van der Waals surface area contributed by atoms with Crippen LogP contribution in [0.25, 0.3) is 28.1 Å². The van der Waals surface area contributed by atoms with Crippen LogP contribution >= 0.6 is 0 Å². The number of fused-ring (bicyclic) bond motifs is 1. The van der Waals surface area contributed by atoms with E-state index >= 15 is 0 Å². The molecule has 0 aliphatic heterocycles. The van der Waals surface area contributed by atoms with Crippen LogP contribution in [-0.2, 0) is 0 Å². The van der Waals surface area contributed by atoms with E-state index in [0.717, 1.165) is 16.8 Å². The summed E-state index contributed by atoms with van der Waals surface area (Å²) in [6.07, 6.45) is 1.63. The standard InChI is InChI=1S/C15H15N5O/c1-9(2)11-6-7-12-15(18-11)20(21-3)14(19-12)10-5-4-8-17-13(10)16/h4-8H,1H2,2-3H3,(H2,16,17). The van der Waals surface area contributed by atoms with E-state index in [1.54, 1.807) is 24.1 Å². The minimum atomic E-state index is 0.395. The van der Waals surface area contributed by atoms with Gasteiger partial charge in [0.2, 0.25) is 0 Å². The maximum absolute atomic E-state index is 5.92. The van der Waals surface area contributed by atoms with E-state index in [1.165, 1.54) is 0 Å². The fraction of sp³-hybridized carbons (Fsp3) is 0.133. The van der Waals surface area contributed by atoms with Crippen LogP contribution in [0.2, 0.25) is 0 Å². The first-order chi connectivity index (χ1) is 10.1. The van der Waals surface area contributed by atoms with Crippen LogP contribution in [0.4, 0.5) is 5.82 Å². The Balaban J connectivity index is 2.29. The number of nitrogens with two attached hydrogens (primary N) is 1. The summed E-state index contributed by atoms with van der Waals surface area (Å²) in [5.41, 5.74) is 9.64. The first-order valence-corrected chi connectivity index (χ1v) is 6.42. The van der Waals surface area contributed by atoms with Crippen molar-refractivity contribution in [2.24, 2.45) is 0 Å². The minimum Gasteiger partial charge on any atom is -0.413 e. The number of rotatable bonds is 3. The van der Waals surface area contributed by atoms with Gasteiger partial charge in [0.25, 0.3) is 0 Å². The first-order valence-electron chi connectivity index (χ1n) is 6.42. The summed E-state index contributed by atoms with van der Waals surface area (Å²) in [7, 11) is 1.56. The summed E-state index contributed by atoms with van der Waals surface area (Å²) in [6, 6.07) is 7.42. The fourth-order valence-electron chi connectivity index (χ4n) is 2.12. The van der Waals surface area contributed by atoms with Gasteiger partial charge in [0.15, 0.2) is 11.5 Å². The number of hydrogen-bond acceptors (Lipinski definition) is 5. The molecular formula is C15H15N5O. The van der Waals surface area contributed by atoms with Gasteiger partial charge < -0.3 is 10.6 Å². The van der Waals surface area contributed by atoms with Gasteiger partial charge in [0, 0.05) is 6.20 Å². The van der Waals surface area contributed by atoms with Crippen LogP contribution in [0.3, 0.4) is 0 Å². The Morgan fingerprint density at radius 1 is 1.29 bits per heavy atom. The summed E-state index contributed by atoms with van der Waals surface area (Å²) in [6.45, 7) is 5.81. The van der Waals surface area contributed by atoms with Gasteiger partial charge in [-0.3, -0.25) is 0 Å². The predicted octanol–water partition coefficient (Wildman–Crippen LogP) is 2.17. The summed E-state index contributed by atoms with van der Waals surface area (Å²) < 4.78 is 1.55. The highest BCUT2D eigenvalue weighted by atomic mass is 16.6. The first kappa shape index (κ1) is 13.1. The molecule has 3 rings (SSSR count). The highest BCUT2D eigenvalue weighted by Gasteiger charge is 2.17. The molecule has 0 fully saturated rings. The lowest BCUT2D eigenvalue weighted by Gasteiger charge is -2.07. The largest absolute Gasteiger partial charge is 0.413 e. The average Bonchev–Trinajstić information content (AvgIpc) is 2.84. The smallest absolute Gasteiger partial charge is 0.197 e. The molecular weight excluding hydrogens is 266 g/mol. The second-order valence-corrected chi connectivity index (χ2v) is 4.67. The van der Waals surface area contributed by atoms with E-state index in [9.17, 15) is 0 Å². The van der Waals surface area contributed by atoms with E-state index in [1.807, 2.05) is 25.1 Å². The lowest BCUT2D eigenvalue weighted by Crippen LogP contribution is -2.09. The Morgan fingerprint density at radius 2 is 2.10 bits per heavy atom. The quantitative estimate of drug-likeness (QED) is 0.796. The van der Waals surface area contributed by atoms with Crippen molar-refractivity contribution in [2.45, 2.75) is 6.92 Å². The molecule has 0 aliphatic rings. The molecule has 0 atom stereocenters.